The van der Waals surface area contributed by atoms with E-state index in [1.165, 1.54) is 11.1 Å². The van der Waals surface area contributed by atoms with Gasteiger partial charge in [0.2, 0.25) is 0 Å². The van der Waals surface area contributed by atoms with E-state index in [4.69, 9.17) is 5.73 Å². The molecule has 1 unspecified atom stereocenters. The Kier molecular flexibility index (Phi) is 6.99. The molecule has 2 aromatic carbocycles. The van der Waals surface area contributed by atoms with Crippen LogP contribution in [0.1, 0.15) is 28.4 Å². The third kappa shape index (κ3) is 5.28. The highest BCUT2D eigenvalue weighted by atomic mass is 32.2. The summed E-state index contributed by atoms with van der Waals surface area (Å²) in [6.07, 6.45) is -2.08. The van der Waals surface area contributed by atoms with E-state index in [1.54, 1.807) is 23.9 Å². The number of phenols is 1. The van der Waals surface area contributed by atoms with Gasteiger partial charge in [-0.2, -0.15) is 13.2 Å². The summed E-state index contributed by atoms with van der Waals surface area (Å²) < 4.78 is 39.5. The molecule has 0 saturated heterocycles. The number of urea groups is 1. The van der Waals surface area contributed by atoms with Crippen molar-refractivity contribution in [3.63, 3.8) is 0 Å². The van der Waals surface area contributed by atoms with Crippen molar-refractivity contribution in [1.29, 1.82) is 0 Å². The largest absolute Gasteiger partial charge is 0.507 e. The Morgan fingerprint density at radius 3 is 2.62 bits per heavy atom. The molecule has 2 amide bonds. The van der Waals surface area contributed by atoms with Gasteiger partial charge in [-0.3, -0.25) is 4.90 Å². The number of anilines is 2. The lowest BCUT2D eigenvalue weighted by atomic mass is 10.1. The number of aromatic nitrogens is 1. The molecule has 10 heteroatoms. The van der Waals surface area contributed by atoms with Gasteiger partial charge in [-0.1, -0.05) is 42.1 Å². The molecule has 0 bridgehead atoms. The molecule has 1 aliphatic heterocycles. The fourth-order valence-corrected chi connectivity index (χ4v) is 4.93. The summed E-state index contributed by atoms with van der Waals surface area (Å²) in [5.41, 5.74) is 6.79. The predicted octanol–water partition coefficient (Wildman–Crippen LogP) is 5.58. The van der Waals surface area contributed by atoms with Gasteiger partial charge in [-0.05, 0) is 54.8 Å². The van der Waals surface area contributed by atoms with Gasteiger partial charge in [-0.15, -0.1) is 0 Å². The van der Waals surface area contributed by atoms with E-state index in [0.717, 1.165) is 29.1 Å². The first-order chi connectivity index (χ1) is 16.3. The Bertz CT molecular complexity index is 1160. The standard InChI is InChI=1S/C24H23F3N4O2S/c25-24(26,27)18-13-19-16(12-20(18)32)9-11-31(19)23(33)30-17-6-7-22(29-14-17)34-21(8-10-28)15-4-2-1-3-5-15/h1-7,12-14,21,32H,8-11,28H2,(H,30,33). The average Bonchev–Trinajstić information content (AvgIpc) is 3.22. The lowest BCUT2D eigenvalue weighted by Crippen LogP contribution is -2.33. The van der Waals surface area contributed by atoms with Gasteiger partial charge in [0.15, 0.2) is 0 Å². The number of nitrogens with two attached hydrogens (primary N) is 1. The fraction of sp³-hybridized carbons (Fsp3) is 0.250. The zero-order valence-corrected chi connectivity index (χ0v) is 18.9. The number of alkyl halides is 3. The van der Waals surface area contributed by atoms with Crippen LogP contribution in [-0.2, 0) is 12.6 Å². The summed E-state index contributed by atoms with van der Waals surface area (Å²) in [6, 6.07) is 14.8. The first-order valence-electron chi connectivity index (χ1n) is 10.7. The number of carbonyl (C=O) groups is 1. The van der Waals surface area contributed by atoms with Crippen molar-refractivity contribution < 1.29 is 23.1 Å². The van der Waals surface area contributed by atoms with Crippen LogP contribution in [0, 0.1) is 0 Å². The summed E-state index contributed by atoms with van der Waals surface area (Å²) in [5.74, 6) is -0.839. The Balaban J connectivity index is 1.45. The molecule has 1 aliphatic rings. The molecule has 1 atom stereocenters. The third-order valence-corrected chi connectivity index (χ3v) is 6.77. The van der Waals surface area contributed by atoms with E-state index >= 15 is 0 Å². The monoisotopic (exact) mass is 488 g/mol. The number of halogens is 3. The smallest absolute Gasteiger partial charge is 0.420 e. The number of benzene rings is 2. The summed E-state index contributed by atoms with van der Waals surface area (Å²) in [4.78, 5) is 18.4. The number of thioether (sulfide) groups is 1. The van der Waals surface area contributed by atoms with E-state index < -0.39 is 23.5 Å². The Hall–Kier alpha value is -3.24. The summed E-state index contributed by atoms with van der Waals surface area (Å²) >= 11 is 1.57. The van der Waals surface area contributed by atoms with Crippen molar-refractivity contribution in [2.45, 2.75) is 29.3 Å². The van der Waals surface area contributed by atoms with Crippen LogP contribution in [0.25, 0.3) is 0 Å². The normalized spacial score (nSPS) is 14.1. The highest BCUT2D eigenvalue weighted by Crippen LogP contribution is 2.42. The second-order valence-corrected chi connectivity index (χ2v) is 9.03. The quantitative estimate of drug-likeness (QED) is 0.394. The molecule has 6 nitrogen and oxygen atoms in total. The number of phenolic OH excluding ortho intramolecular Hbond substituents is 1. The van der Waals surface area contributed by atoms with E-state index in [9.17, 15) is 23.1 Å². The third-order valence-electron chi connectivity index (χ3n) is 5.49. The van der Waals surface area contributed by atoms with Crippen LogP contribution in [0.5, 0.6) is 5.75 Å². The number of aromatic hydroxyl groups is 1. The van der Waals surface area contributed by atoms with Crippen LogP contribution in [0.3, 0.4) is 0 Å². The van der Waals surface area contributed by atoms with Crippen molar-refractivity contribution in [3.8, 4) is 5.75 Å². The van der Waals surface area contributed by atoms with Crippen LogP contribution in [-0.4, -0.2) is 29.2 Å². The zero-order chi connectivity index (χ0) is 24.3. The number of nitrogens with one attached hydrogen (secondary N) is 1. The van der Waals surface area contributed by atoms with Crippen LogP contribution in [0.2, 0.25) is 0 Å². The maximum absolute atomic E-state index is 13.2. The van der Waals surface area contributed by atoms with Gasteiger partial charge in [0, 0.05) is 17.5 Å². The molecule has 0 aliphatic carbocycles. The van der Waals surface area contributed by atoms with Crippen LogP contribution in [0.4, 0.5) is 29.3 Å². The Morgan fingerprint density at radius 1 is 1.21 bits per heavy atom. The minimum Gasteiger partial charge on any atom is -0.507 e. The molecule has 1 aromatic heterocycles. The fourth-order valence-electron chi connectivity index (χ4n) is 3.84. The average molecular weight is 489 g/mol. The van der Waals surface area contributed by atoms with E-state index in [0.29, 0.717) is 24.2 Å². The molecule has 0 fully saturated rings. The second kappa shape index (κ2) is 9.94. The minimum atomic E-state index is -4.72. The summed E-state index contributed by atoms with van der Waals surface area (Å²) in [6.45, 7) is 0.743. The number of rotatable bonds is 6. The lowest BCUT2D eigenvalue weighted by molar-refractivity contribution is -0.138. The number of pyridine rings is 1. The Morgan fingerprint density at radius 2 is 1.97 bits per heavy atom. The van der Waals surface area contributed by atoms with Crippen LogP contribution < -0.4 is 16.0 Å². The zero-order valence-electron chi connectivity index (χ0n) is 18.0. The molecule has 178 valence electrons. The molecule has 2 heterocycles. The van der Waals surface area contributed by atoms with Gasteiger partial charge in [0.1, 0.15) is 5.75 Å². The maximum Gasteiger partial charge on any atom is 0.420 e. The van der Waals surface area contributed by atoms with Crippen molar-refractivity contribution >= 4 is 29.2 Å². The molecule has 34 heavy (non-hydrogen) atoms. The molecule has 0 spiro atoms. The number of amides is 2. The number of hydrogen-bond acceptors (Lipinski definition) is 5. The van der Waals surface area contributed by atoms with Gasteiger partial charge < -0.3 is 16.2 Å². The van der Waals surface area contributed by atoms with Crippen molar-refractivity contribution in [1.82, 2.24) is 4.98 Å². The van der Waals surface area contributed by atoms with E-state index in [1.807, 2.05) is 30.3 Å². The van der Waals surface area contributed by atoms with Gasteiger partial charge >= 0.3 is 12.2 Å². The molecule has 3 aromatic rings. The van der Waals surface area contributed by atoms with E-state index in [2.05, 4.69) is 10.3 Å². The number of hydrogen-bond donors (Lipinski definition) is 3. The predicted molar refractivity (Wildman–Crippen MR) is 126 cm³/mol. The number of fused-ring (bicyclic) bond motifs is 1. The number of carbonyl (C=O) groups excluding carboxylic acids is 1. The highest BCUT2D eigenvalue weighted by molar-refractivity contribution is 7.99. The molecule has 4 N–H and O–H groups in total. The molecule has 0 radical (unpaired) electrons. The molecular weight excluding hydrogens is 465 g/mol. The molecule has 0 saturated carbocycles. The van der Waals surface area contributed by atoms with E-state index in [-0.39, 0.29) is 17.5 Å². The SMILES string of the molecule is NCCC(Sc1ccc(NC(=O)N2CCc3cc(O)c(C(F)(F)F)cc32)cn1)c1ccccc1. The molecular formula is C24H23F3N4O2S. The van der Waals surface area contributed by atoms with Crippen LogP contribution in [0.15, 0.2) is 65.8 Å². The van der Waals surface area contributed by atoms with Gasteiger partial charge in [0.05, 0.1) is 22.5 Å². The first-order valence-corrected chi connectivity index (χ1v) is 11.5. The maximum atomic E-state index is 13.2. The van der Waals surface area contributed by atoms with Gasteiger partial charge in [0.25, 0.3) is 0 Å². The summed E-state index contributed by atoms with van der Waals surface area (Å²) in [7, 11) is 0. The summed E-state index contributed by atoms with van der Waals surface area (Å²) in [5, 5.41) is 13.3. The van der Waals surface area contributed by atoms with Crippen molar-refractivity contribution in [2.75, 3.05) is 23.3 Å². The second-order valence-electron chi connectivity index (χ2n) is 7.81. The first kappa shape index (κ1) is 23.9. The Labute approximate surface area is 199 Å². The number of nitrogens with zero attached hydrogens (tertiary/aromatic N) is 2. The van der Waals surface area contributed by atoms with Gasteiger partial charge in [-0.25, -0.2) is 9.78 Å². The lowest BCUT2D eigenvalue weighted by Gasteiger charge is -2.20. The van der Waals surface area contributed by atoms with Crippen molar-refractivity contribution in [3.05, 3.63) is 77.5 Å². The minimum absolute atomic E-state index is 0.134. The highest BCUT2D eigenvalue weighted by Gasteiger charge is 2.37. The van der Waals surface area contributed by atoms with Crippen molar-refractivity contribution in [2.24, 2.45) is 5.73 Å². The molecule has 4 rings (SSSR count). The van der Waals surface area contributed by atoms with Crippen LogP contribution >= 0.6 is 11.8 Å². The topological polar surface area (TPSA) is 91.5 Å².